The van der Waals surface area contributed by atoms with E-state index in [-0.39, 0.29) is 22.2 Å². The molecule has 2 aromatic carbocycles. The molecule has 3 N–H and O–H groups in total. The molecule has 140 valence electrons. The number of anilines is 1. The van der Waals surface area contributed by atoms with Gasteiger partial charge in [0.05, 0.1) is 17.8 Å². The van der Waals surface area contributed by atoms with Gasteiger partial charge in [0.2, 0.25) is 0 Å². The van der Waals surface area contributed by atoms with Gasteiger partial charge < -0.3 is 15.2 Å². The van der Waals surface area contributed by atoms with Gasteiger partial charge in [-0.05, 0) is 12.1 Å². The lowest BCUT2D eigenvalue weighted by Gasteiger charge is -2.32. The molecular formula is C17H16N4O5S. The molecule has 1 aliphatic heterocycles. The van der Waals surface area contributed by atoms with Crippen molar-refractivity contribution in [1.29, 1.82) is 0 Å². The van der Waals surface area contributed by atoms with Gasteiger partial charge in [-0.2, -0.15) is 5.10 Å². The number of thioether (sulfide) groups is 1. The number of hydrogen-bond acceptors (Lipinski definition) is 8. The first kappa shape index (κ1) is 18.7. The average molecular weight is 388 g/mol. The summed E-state index contributed by atoms with van der Waals surface area (Å²) in [6, 6.07) is 12.7. The summed E-state index contributed by atoms with van der Waals surface area (Å²) in [7, 11) is 1.49. The summed E-state index contributed by atoms with van der Waals surface area (Å²) in [5.41, 5.74) is 1.42. The van der Waals surface area contributed by atoms with Gasteiger partial charge in [-0.3, -0.25) is 20.3 Å². The van der Waals surface area contributed by atoms with Crippen LogP contribution >= 0.6 is 11.8 Å². The van der Waals surface area contributed by atoms with E-state index in [0.29, 0.717) is 11.3 Å². The predicted octanol–water partition coefficient (Wildman–Crippen LogP) is 2.04. The van der Waals surface area contributed by atoms with Crippen LogP contribution in [0.1, 0.15) is 5.56 Å². The number of aliphatic hydroxyl groups is 1. The minimum absolute atomic E-state index is 0.0488. The number of para-hydroxylation sites is 3. The number of amides is 1. The standard InChI is InChI=1S/C17H16N4O5S/c1-26-14-9-5-2-6-11(14)17(23)10-27-16(19-20-17)15(22)18-12-7-3-4-8-13(12)21(24)25/h2-9,20,23H,10H2,1H3,(H,18,22). The highest BCUT2D eigenvalue weighted by molar-refractivity contribution is 8.15. The first-order chi connectivity index (χ1) is 12.9. The molecule has 0 aromatic heterocycles. The number of hydrogen-bond donors (Lipinski definition) is 3. The number of nitrogens with one attached hydrogen (secondary N) is 2. The summed E-state index contributed by atoms with van der Waals surface area (Å²) in [4.78, 5) is 22.8. The Hall–Kier alpha value is -3.11. The Morgan fingerprint density at radius 3 is 2.70 bits per heavy atom. The van der Waals surface area contributed by atoms with Crippen molar-refractivity contribution in [2.75, 3.05) is 18.2 Å². The fraction of sp³-hybridized carbons (Fsp3) is 0.176. The zero-order chi connectivity index (χ0) is 19.4. The number of hydrazone groups is 1. The molecule has 0 spiro atoms. The summed E-state index contributed by atoms with van der Waals surface area (Å²) >= 11 is 1.03. The number of carbonyl (C=O) groups excluding carboxylic acids is 1. The molecule has 1 amide bonds. The predicted molar refractivity (Wildman–Crippen MR) is 102 cm³/mol. The topological polar surface area (TPSA) is 126 Å². The zero-order valence-electron chi connectivity index (χ0n) is 14.2. The molecule has 0 fully saturated rings. The number of nitro benzene ring substituents is 1. The van der Waals surface area contributed by atoms with Crippen molar-refractivity contribution in [1.82, 2.24) is 5.43 Å². The van der Waals surface area contributed by atoms with Crippen LogP contribution in [0.15, 0.2) is 53.6 Å². The quantitative estimate of drug-likeness (QED) is 0.528. The highest BCUT2D eigenvalue weighted by Gasteiger charge is 2.37. The summed E-state index contributed by atoms with van der Waals surface area (Å²) in [6.07, 6.45) is 0. The molecule has 9 nitrogen and oxygen atoms in total. The number of benzene rings is 2. The molecule has 0 saturated carbocycles. The van der Waals surface area contributed by atoms with E-state index in [1.54, 1.807) is 30.3 Å². The summed E-state index contributed by atoms with van der Waals surface area (Å²) in [6.45, 7) is 0. The van der Waals surface area contributed by atoms with Crippen LogP contribution in [0.3, 0.4) is 0 Å². The Bertz CT molecular complexity index is 920. The van der Waals surface area contributed by atoms with Crippen LogP contribution in [0, 0.1) is 10.1 Å². The van der Waals surface area contributed by atoms with E-state index < -0.39 is 16.6 Å². The highest BCUT2D eigenvalue weighted by atomic mass is 32.2. The van der Waals surface area contributed by atoms with Crippen LogP contribution in [-0.4, -0.2) is 33.8 Å². The molecule has 2 aromatic rings. The zero-order valence-corrected chi connectivity index (χ0v) is 15.0. The maximum Gasteiger partial charge on any atom is 0.292 e. The van der Waals surface area contributed by atoms with Crippen molar-refractivity contribution in [2.45, 2.75) is 5.72 Å². The third-order valence-corrected chi connectivity index (χ3v) is 4.97. The number of nitro groups is 1. The van der Waals surface area contributed by atoms with Crippen LogP contribution in [0.2, 0.25) is 0 Å². The van der Waals surface area contributed by atoms with Crippen LogP contribution < -0.4 is 15.5 Å². The number of ether oxygens (including phenoxy) is 1. The molecule has 0 bridgehead atoms. The largest absolute Gasteiger partial charge is 0.496 e. The smallest absolute Gasteiger partial charge is 0.292 e. The van der Waals surface area contributed by atoms with Crippen molar-refractivity contribution in [3.63, 3.8) is 0 Å². The Balaban J connectivity index is 1.77. The Kier molecular flexibility index (Phi) is 5.28. The van der Waals surface area contributed by atoms with Gasteiger partial charge in [0.25, 0.3) is 11.6 Å². The van der Waals surface area contributed by atoms with Gasteiger partial charge in [0.1, 0.15) is 11.4 Å². The van der Waals surface area contributed by atoms with Gasteiger partial charge in [-0.1, -0.05) is 42.1 Å². The normalized spacial score (nSPS) is 18.8. The van der Waals surface area contributed by atoms with Gasteiger partial charge >= 0.3 is 0 Å². The molecule has 1 heterocycles. The maximum absolute atomic E-state index is 12.4. The van der Waals surface area contributed by atoms with Crippen LogP contribution in [0.4, 0.5) is 11.4 Å². The van der Waals surface area contributed by atoms with E-state index >= 15 is 0 Å². The Morgan fingerprint density at radius 1 is 1.33 bits per heavy atom. The minimum Gasteiger partial charge on any atom is -0.496 e. The van der Waals surface area contributed by atoms with E-state index in [1.165, 1.54) is 25.3 Å². The molecule has 1 atom stereocenters. The molecule has 27 heavy (non-hydrogen) atoms. The van der Waals surface area contributed by atoms with Crippen LogP contribution in [0.25, 0.3) is 0 Å². The molecular weight excluding hydrogens is 372 g/mol. The monoisotopic (exact) mass is 388 g/mol. The molecule has 1 aliphatic rings. The summed E-state index contributed by atoms with van der Waals surface area (Å²) < 4.78 is 5.25. The second-order valence-corrected chi connectivity index (χ2v) is 6.57. The lowest BCUT2D eigenvalue weighted by molar-refractivity contribution is -0.383. The fourth-order valence-corrected chi connectivity index (χ4v) is 3.39. The van der Waals surface area contributed by atoms with E-state index in [2.05, 4.69) is 15.8 Å². The van der Waals surface area contributed by atoms with Gasteiger partial charge in [0, 0.05) is 11.6 Å². The van der Waals surface area contributed by atoms with E-state index in [0.717, 1.165) is 11.8 Å². The van der Waals surface area contributed by atoms with Gasteiger partial charge in [-0.15, -0.1) is 0 Å². The molecule has 0 radical (unpaired) electrons. The Morgan fingerprint density at radius 2 is 2.04 bits per heavy atom. The third-order valence-electron chi connectivity index (χ3n) is 3.86. The van der Waals surface area contributed by atoms with Crippen molar-refractivity contribution < 1.29 is 19.6 Å². The van der Waals surface area contributed by atoms with Crippen LogP contribution in [0.5, 0.6) is 5.75 Å². The molecule has 3 rings (SSSR count). The lowest BCUT2D eigenvalue weighted by atomic mass is 10.0. The molecule has 1 unspecified atom stereocenters. The van der Waals surface area contributed by atoms with Gasteiger partial charge in [-0.25, -0.2) is 0 Å². The van der Waals surface area contributed by atoms with Gasteiger partial charge in [0.15, 0.2) is 10.8 Å². The van der Waals surface area contributed by atoms with Crippen molar-refractivity contribution >= 4 is 34.1 Å². The summed E-state index contributed by atoms with van der Waals surface area (Å²) in [5, 5.41) is 28.3. The van der Waals surface area contributed by atoms with Crippen molar-refractivity contribution in [2.24, 2.45) is 5.10 Å². The number of methoxy groups -OCH3 is 1. The summed E-state index contributed by atoms with van der Waals surface area (Å²) in [5.74, 6) is -0.0313. The molecule has 10 heteroatoms. The van der Waals surface area contributed by atoms with Crippen molar-refractivity contribution in [3.05, 3.63) is 64.2 Å². The van der Waals surface area contributed by atoms with E-state index in [4.69, 9.17) is 4.74 Å². The lowest BCUT2D eigenvalue weighted by Crippen LogP contribution is -2.46. The number of nitrogens with zero attached hydrogens (tertiary/aromatic N) is 2. The Labute approximate surface area is 158 Å². The van der Waals surface area contributed by atoms with E-state index in [9.17, 15) is 20.0 Å². The number of rotatable bonds is 5. The average Bonchev–Trinajstić information content (AvgIpc) is 2.68. The molecule has 0 saturated heterocycles. The third kappa shape index (κ3) is 3.86. The first-order valence-electron chi connectivity index (χ1n) is 7.83. The SMILES string of the molecule is COc1ccccc1C1(O)CSC(C(=O)Nc2ccccc2[N+](=O)[O-])=NN1. The number of carbonyl (C=O) groups is 1. The second kappa shape index (κ2) is 7.64. The van der Waals surface area contributed by atoms with E-state index in [1.807, 2.05) is 0 Å². The first-order valence-corrected chi connectivity index (χ1v) is 8.81. The minimum atomic E-state index is -1.51. The van der Waals surface area contributed by atoms with Crippen LogP contribution in [-0.2, 0) is 10.5 Å². The highest BCUT2D eigenvalue weighted by Crippen LogP contribution is 2.33. The second-order valence-electron chi connectivity index (χ2n) is 5.61. The fourth-order valence-electron chi connectivity index (χ4n) is 2.54. The maximum atomic E-state index is 12.4. The van der Waals surface area contributed by atoms with Crippen molar-refractivity contribution in [3.8, 4) is 5.75 Å². The molecule has 0 aliphatic carbocycles.